The summed E-state index contributed by atoms with van der Waals surface area (Å²) in [5.41, 5.74) is -0.683. The van der Waals surface area contributed by atoms with Crippen molar-refractivity contribution in [3.05, 3.63) is 0 Å². The van der Waals surface area contributed by atoms with Crippen molar-refractivity contribution in [1.29, 1.82) is 0 Å². The van der Waals surface area contributed by atoms with Crippen molar-refractivity contribution in [1.82, 2.24) is 10.6 Å². The lowest BCUT2D eigenvalue weighted by molar-refractivity contribution is -0.125. The molecule has 1 aliphatic rings. The van der Waals surface area contributed by atoms with Gasteiger partial charge < -0.3 is 5.32 Å². The van der Waals surface area contributed by atoms with E-state index in [0.29, 0.717) is 6.42 Å². The van der Waals surface area contributed by atoms with Gasteiger partial charge in [0.1, 0.15) is 5.54 Å². The van der Waals surface area contributed by atoms with Gasteiger partial charge in [0.2, 0.25) is 0 Å². The lowest BCUT2D eigenvalue weighted by Crippen LogP contribution is -2.50. The fourth-order valence-electron chi connectivity index (χ4n) is 1.57. The van der Waals surface area contributed by atoms with E-state index < -0.39 is 5.54 Å². The van der Waals surface area contributed by atoms with Crippen LogP contribution < -0.4 is 10.6 Å². The average Bonchev–Trinajstić information content (AvgIpc) is 2.26. The molecule has 68 valence electrons. The molecule has 2 N–H and O–H groups in total. The molecule has 4 nitrogen and oxygen atoms in total. The molecule has 0 aromatic heterocycles. The van der Waals surface area contributed by atoms with Gasteiger partial charge in [-0.1, -0.05) is 20.8 Å². The van der Waals surface area contributed by atoms with Crippen LogP contribution in [0.5, 0.6) is 0 Å². The highest BCUT2D eigenvalue weighted by Crippen LogP contribution is 2.24. The Morgan fingerprint density at radius 1 is 1.42 bits per heavy atom. The molecule has 1 fully saturated rings. The van der Waals surface area contributed by atoms with Crippen LogP contribution in [-0.4, -0.2) is 17.5 Å². The first kappa shape index (κ1) is 9.03. The van der Waals surface area contributed by atoms with E-state index in [-0.39, 0.29) is 17.9 Å². The molecular formula is C8H14N2O2. The fraction of sp³-hybridized carbons (Fsp3) is 0.750. The quantitative estimate of drug-likeness (QED) is 0.597. The number of urea groups is 1. The fourth-order valence-corrected chi connectivity index (χ4v) is 1.57. The van der Waals surface area contributed by atoms with Crippen molar-refractivity contribution in [2.45, 2.75) is 32.7 Å². The maximum Gasteiger partial charge on any atom is 0.322 e. The topological polar surface area (TPSA) is 58.2 Å². The Bertz CT molecular complexity index is 225. The summed E-state index contributed by atoms with van der Waals surface area (Å²) in [4.78, 5) is 22.3. The smallest absolute Gasteiger partial charge is 0.322 e. The number of amides is 3. The van der Waals surface area contributed by atoms with Crippen molar-refractivity contribution in [3.63, 3.8) is 0 Å². The number of rotatable bonds is 2. The second-order valence-corrected chi connectivity index (χ2v) is 3.39. The van der Waals surface area contributed by atoms with Crippen molar-refractivity contribution >= 4 is 11.9 Å². The van der Waals surface area contributed by atoms with Gasteiger partial charge >= 0.3 is 6.03 Å². The van der Waals surface area contributed by atoms with Crippen LogP contribution in [0.15, 0.2) is 0 Å². The summed E-state index contributed by atoms with van der Waals surface area (Å²) in [5, 5.41) is 4.92. The van der Waals surface area contributed by atoms with E-state index in [1.54, 1.807) is 0 Å². The van der Waals surface area contributed by atoms with Crippen LogP contribution in [0, 0.1) is 5.92 Å². The van der Waals surface area contributed by atoms with Gasteiger partial charge in [-0.3, -0.25) is 10.1 Å². The molecule has 0 spiro atoms. The monoisotopic (exact) mass is 170 g/mol. The third kappa shape index (κ3) is 1.07. The molecule has 1 rings (SSSR count). The summed E-state index contributed by atoms with van der Waals surface area (Å²) in [6.07, 6.45) is 0.627. The summed E-state index contributed by atoms with van der Waals surface area (Å²) in [7, 11) is 0. The number of carbonyl (C=O) groups is 2. The molecule has 0 unspecified atom stereocenters. The van der Waals surface area contributed by atoms with Gasteiger partial charge in [0.25, 0.3) is 5.91 Å². The predicted octanol–water partition coefficient (Wildman–Crippen LogP) is 0.631. The summed E-state index contributed by atoms with van der Waals surface area (Å²) in [5.74, 6) is -0.0843. The second kappa shape index (κ2) is 2.77. The number of hydrogen-bond donors (Lipinski definition) is 2. The van der Waals surface area contributed by atoms with E-state index in [2.05, 4.69) is 10.6 Å². The lowest BCUT2D eigenvalue weighted by Gasteiger charge is -2.28. The van der Waals surface area contributed by atoms with Gasteiger partial charge in [-0.15, -0.1) is 0 Å². The number of carbonyl (C=O) groups excluding carboxylic acids is 2. The summed E-state index contributed by atoms with van der Waals surface area (Å²) >= 11 is 0. The Balaban J connectivity index is 2.94. The van der Waals surface area contributed by atoms with Crippen LogP contribution in [0.4, 0.5) is 4.79 Å². The Morgan fingerprint density at radius 2 is 2.00 bits per heavy atom. The zero-order chi connectivity index (χ0) is 9.35. The van der Waals surface area contributed by atoms with E-state index in [4.69, 9.17) is 0 Å². The minimum atomic E-state index is -0.683. The standard InChI is InChI=1S/C8H14N2O2/c1-4-8(5(2)3)6(11)9-7(12)10-8/h5H,4H2,1-3H3,(H2,9,10,11,12)/t8-/m0/s1. The van der Waals surface area contributed by atoms with Gasteiger partial charge in [-0.2, -0.15) is 0 Å². The van der Waals surface area contributed by atoms with Crippen molar-refractivity contribution in [2.24, 2.45) is 5.92 Å². The Morgan fingerprint density at radius 3 is 2.17 bits per heavy atom. The molecule has 4 heteroatoms. The number of hydrogen-bond acceptors (Lipinski definition) is 2. The highest BCUT2D eigenvalue weighted by atomic mass is 16.2. The van der Waals surface area contributed by atoms with Crippen LogP contribution in [-0.2, 0) is 4.79 Å². The molecule has 1 heterocycles. The Labute approximate surface area is 71.7 Å². The molecule has 1 saturated heterocycles. The van der Waals surface area contributed by atoms with E-state index in [1.165, 1.54) is 0 Å². The first-order valence-corrected chi connectivity index (χ1v) is 4.16. The summed E-state index contributed by atoms with van der Waals surface area (Å²) in [6, 6.07) is -0.379. The molecule has 0 radical (unpaired) electrons. The van der Waals surface area contributed by atoms with E-state index in [1.807, 2.05) is 20.8 Å². The minimum Gasteiger partial charge on any atom is -0.323 e. The average molecular weight is 170 g/mol. The second-order valence-electron chi connectivity index (χ2n) is 3.39. The largest absolute Gasteiger partial charge is 0.323 e. The molecule has 1 atom stereocenters. The molecule has 1 aliphatic heterocycles. The predicted molar refractivity (Wildman–Crippen MR) is 44.5 cm³/mol. The highest BCUT2D eigenvalue weighted by molar-refractivity contribution is 6.07. The van der Waals surface area contributed by atoms with E-state index >= 15 is 0 Å². The van der Waals surface area contributed by atoms with Gasteiger partial charge in [-0.25, -0.2) is 4.79 Å². The zero-order valence-electron chi connectivity index (χ0n) is 7.60. The third-order valence-corrected chi connectivity index (χ3v) is 2.51. The van der Waals surface area contributed by atoms with Crippen molar-refractivity contribution in [3.8, 4) is 0 Å². The lowest BCUT2D eigenvalue weighted by atomic mass is 9.84. The molecule has 3 amide bonds. The summed E-state index contributed by atoms with van der Waals surface area (Å²) in [6.45, 7) is 5.74. The van der Waals surface area contributed by atoms with E-state index in [0.717, 1.165) is 0 Å². The van der Waals surface area contributed by atoms with Gasteiger partial charge in [0.05, 0.1) is 0 Å². The normalized spacial score (nSPS) is 29.0. The SMILES string of the molecule is CC[C@@]1(C(C)C)NC(=O)NC1=O. The number of nitrogens with one attached hydrogen (secondary N) is 2. The van der Waals surface area contributed by atoms with Gasteiger partial charge in [0.15, 0.2) is 0 Å². The molecule has 0 aliphatic carbocycles. The molecular weight excluding hydrogens is 156 g/mol. The van der Waals surface area contributed by atoms with Crippen LogP contribution in [0.1, 0.15) is 27.2 Å². The van der Waals surface area contributed by atoms with Crippen LogP contribution in [0.3, 0.4) is 0 Å². The maximum absolute atomic E-state index is 11.4. The van der Waals surface area contributed by atoms with Crippen molar-refractivity contribution in [2.75, 3.05) is 0 Å². The molecule has 0 saturated carbocycles. The van der Waals surface area contributed by atoms with Crippen LogP contribution in [0.2, 0.25) is 0 Å². The first-order valence-electron chi connectivity index (χ1n) is 4.16. The van der Waals surface area contributed by atoms with Crippen molar-refractivity contribution < 1.29 is 9.59 Å². The maximum atomic E-state index is 11.4. The highest BCUT2D eigenvalue weighted by Gasteiger charge is 2.46. The third-order valence-electron chi connectivity index (χ3n) is 2.51. The van der Waals surface area contributed by atoms with Gasteiger partial charge in [-0.05, 0) is 12.3 Å². The molecule has 0 aromatic carbocycles. The summed E-state index contributed by atoms with van der Waals surface area (Å²) < 4.78 is 0. The first-order chi connectivity index (χ1) is 5.53. The number of imide groups is 1. The Hall–Kier alpha value is -1.06. The van der Waals surface area contributed by atoms with E-state index in [9.17, 15) is 9.59 Å². The minimum absolute atomic E-state index is 0.119. The van der Waals surface area contributed by atoms with Crippen LogP contribution >= 0.6 is 0 Å². The van der Waals surface area contributed by atoms with Crippen LogP contribution in [0.25, 0.3) is 0 Å². The Kier molecular flexibility index (Phi) is 2.08. The molecule has 0 bridgehead atoms. The van der Waals surface area contributed by atoms with Gasteiger partial charge in [0, 0.05) is 0 Å². The molecule has 0 aromatic rings. The molecule has 12 heavy (non-hydrogen) atoms. The zero-order valence-corrected chi connectivity index (χ0v) is 7.60.